The molecule has 1 aromatic carbocycles. The number of hydrogen-bond donors (Lipinski definition) is 1. The van der Waals surface area contributed by atoms with Crippen molar-refractivity contribution in [2.75, 3.05) is 33.7 Å². The van der Waals surface area contributed by atoms with Crippen LogP contribution in [0.15, 0.2) is 24.3 Å². The Kier molecular flexibility index (Phi) is 5.12. The summed E-state index contributed by atoms with van der Waals surface area (Å²) in [4.78, 5) is 30.5. The molecule has 8 heteroatoms. The van der Waals surface area contributed by atoms with E-state index < -0.39 is 5.54 Å². The highest BCUT2D eigenvalue weighted by molar-refractivity contribution is 5.89. The predicted octanol–water partition coefficient (Wildman–Crippen LogP) is 1.85. The summed E-state index contributed by atoms with van der Waals surface area (Å²) >= 11 is 0. The molecule has 2 N–H and O–H groups in total. The van der Waals surface area contributed by atoms with Crippen LogP contribution in [0.3, 0.4) is 0 Å². The second kappa shape index (κ2) is 6.95. The number of rotatable bonds is 2. The van der Waals surface area contributed by atoms with Crippen LogP contribution in [0.1, 0.15) is 24.4 Å². The zero-order chi connectivity index (χ0) is 18.6. The van der Waals surface area contributed by atoms with Gasteiger partial charge in [-0.3, -0.25) is 4.79 Å². The highest BCUT2D eigenvalue weighted by Crippen LogP contribution is 2.46. The molecule has 2 saturated heterocycles. The van der Waals surface area contributed by atoms with Gasteiger partial charge in [0.2, 0.25) is 5.91 Å². The molecule has 1 aromatic rings. The lowest BCUT2D eigenvalue weighted by Gasteiger charge is -2.32. The predicted molar refractivity (Wildman–Crippen MR) is 102 cm³/mol. The molecule has 0 aromatic heterocycles. The van der Waals surface area contributed by atoms with Crippen molar-refractivity contribution in [2.45, 2.75) is 24.4 Å². The van der Waals surface area contributed by atoms with Crippen molar-refractivity contribution in [2.24, 2.45) is 17.6 Å². The summed E-state index contributed by atoms with van der Waals surface area (Å²) in [6.45, 7) is 1.76. The number of nitrogens with zero attached hydrogens (tertiary/aromatic N) is 3. The summed E-state index contributed by atoms with van der Waals surface area (Å²) < 4.78 is 13.8. The first-order valence-corrected chi connectivity index (χ1v) is 9.12. The number of carbonyl (C=O) groups is 2. The van der Waals surface area contributed by atoms with Crippen molar-refractivity contribution in [3.05, 3.63) is 35.6 Å². The number of urea groups is 1. The van der Waals surface area contributed by atoms with Gasteiger partial charge >= 0.3 is 6.03 Å². The summed E-state index contributed by atoms with van der Waals surface area (Å²) in [6.07, 6.45) is 1.49. The molecule has 3 aliphatic rings. The Hall–Kier alpha value is -1.86. The van der Waals surface area contributed by atoms with Crippen molar-refractivity contribution in [1.82, 2.24) is 14.7 Å². The third-order valence-corrected chi connectivity index (χ3v) is 5.98. The molecule has 4 rings (SSSR count). The first-order valence-electron chi connectivity index (χ1n) is 9.12. The van der Waals surface area contributed by atoms with Gasteiger partial charge in [-0.2, -0.15) is 0 Å². The van der Waals surface area contributed by atoms with Crippen LogP contribution < -0.4 is 5.73 Å². The Labute approximate surface area is 164 Å². The van der Waals surface area contributed by atoms with E-state index in [1.54, 1.807) is 25.1 Å². The molecule has 2 heterocycles. The van der Waals surface area contributed by atoms with E-state index >= 15 is 0 Å². The Morgan fingerprint density at radius 3 is 2.52 bits per heavy atom. The van der Waals surface area contributed by atoms with Crippen molar-refractivity contribution in [3.63, 3.8) is 0 Å². The van der Waals surface area contributed by atoms with Crippen molar-refractivity contribution < 1.29 is 14.0 Å². The second-order valence-corrected chi connectivity index (χ2v) is 8.12. The monoisotopic (exact) mass is 396 g/mol. The van der Waals surface area contributed by atoms with E-state index in [9.17, 15) is 14.0 Å². The summed E-state index contributed by atoms with van der Waals surface area (Å²) in [5, 5.41) is 0. The average molecular weight is 397 g/mol. The number of fused-ring (bicyclic) bond motifs is 1. The maximum Gasteiger partial charge on any atom is 0.320 e. The molecule has 3 amide bonds. The number of benzene rings is 1. The van der Waals surface area contributed by atoms with E-state index in [0.29, 0.717) is 19.6 Å². The Morgan fingerprint density at radius 2 is 1.93 bits per heavy atom. The molecule has 1 aliphatic carbocycles. The molecule has 6 nitrogen and oxygen atoms in total. The Balaban J connectivity index is 0.00000210. The first-order chi connectivity index (χ1) is 12.3. The van der Waals surface area contributed by atoms with E-state index in [2.05, 4.69) is 0 Å². The highest BCUT2D eigenvalue weighted by atomic mass is 35.5. The lowest BCUT2D eigenvalue weighted by molar-refractivity contribution is -0.133. The maximum absolute atomic E-state index is 13.8. The van der Waals surface area contributed by atoms with Crippen molar-refractivity contribution in [1.29, 1.82) is 0 Å². The Morgan fingerprint density at radius 1 is 1.22 bits per heavy atom. The molecule has 0 radical (unpaired) electrons. The van der Waals surface area contributed by atoms with Crippen molar-refractivity contribution in [3.8, 4) is 0 Å². The lowest BCUT2D eigenvalue weighted by Crippen LogP contribution is -2.47. The minimum Gasteiger partial charge on any atom is -0.340 e. The fourth-order valence-electron chi connectivity index (χ4n) is 4.45. The molecule has 148 valence electrons. The van der Waals surface area contributed by atoms with Gasteiger partial charge in [-0.25, -0.2) is 9.18 Å². The molecular formula is C19H26ClFN4O2. The maximum atomic E-state index is 13.8. The topological polar surface area (TPSA) is 69.9 Å². The number of nitrogens with two attached hydrogens (primary N) is 1. The summed E-state index contributed by atoms with van der Waals surface area (Å²) in [5.74, 6) is 0.00821. The average Bonchev–Trinajstić information content (AvgIpc) is 3.07. The molecule has 2 aliphatic heterocycles. The normalized spacial score (nSPS) is 27.8. The van der Waals surface area contributed by atoms with Gasteiger partial charge in [0.1, 0.15) is 5.82 Å². The van der Waals surface area contributed by atoms with Gasteiger partial charge in [0.25, 0.3) is 0 Å². The summed E-state index contributed by atoms with van der Waals surface area (Å²) in [6, 6.07) is 6.14. The van der Waals surface area contributed by atoms with E-state index in [1.165, 1.54) is 12.1 Å². The van der Waals surface area contributed by atoms with E-state index in [4.69, 9.17) is 5.73 Å². The van der Waals surface area contributed by atoms with E-state index in [1.807, 2.05) is 15.9 Å². The van der Waals surface area contributed by atoms with Gasteiger partial charge in [0.05, 0.1) is 11.6 Å². The molecule has 3 fully saturated rings. The fourth-order valence-corrected chi connectivity index (χ4v) is 4.45. The molecule has 27 heavy (non-hydrogen) atoms. The van der Waals surface area contributed by atoms with Gasteiger partial charge in [-0.15, -0.1) is 12.4 Å². The fraction of sp³-hybridized carbons (Fsp3) is 0.579. The van der Waals surface area contributed by atoms with Gasteiger partial charge in [-0.05, 0) is 30.5 Å². The van der Waals surface area contributed by atoms with Crippen LogP contribution >= 0.6 is 12.4 Å². The third kappa shape index (κ3) is 3.38. The zero-order valence-corrected chi connectivity index (χ0v) is 16.4. The summed E-state index contributed by atoms with van der Waals surface area (Å²) in [7, 11) is 3.44. The van der Waals surface area contributed by atoms with Crippen LogP contribution in [0.5, 0.6) is 0 Å². The highest BCUT2D eigenvalue weighted by Gasteiger charge is 2.55. The number of likely N-dealkylation sites (tertiary alicyclic amines) is 2. The Bertz CT molecular complexity index is 755. The molecule has 0 bridgehead atoms. The molecule has 0 spiro atoms. The number of carbonyl (C=O) groups excluding carboxylic acids is 2. The number of hydrogen-bond acceptors (Lipinski definition) is 3. The van der Waals surface area contributed by atoms with Crippen molar-refractivity contribution >= 4 is 24.3 Å². The van der Waals surface area contributed by atoms with Crippen LogP contribution in [0.4, 0.5) is 9.18 Å². The summed E-state index contributed by atoms with van der Waals surface area (Å²) in [5.41, 5.74) is 6.20. The lowest BCUT2D eigenvalue weighted by atomic mass is 9.89. The van der Waals surface area contributed by atoms with Crippen LogP contribution in [-0.4, -0.2) is 65.9 Å². The molecule has 3 atom stereocenters. The van der Waals surface area contributed by atoms with E-state index in [0.717, 1.165) is 18.4 Å². The SMILES string of the molecule is CN(C)C(=O)N1C[C@H]2CN(C(=O)C3(N)CC3)C[C@H]2[C@@H]1c1cccc(F)c1.Cl. The zero-order valence-electron chi connectivity index (χ0n) is 15.6. The number of halogens is 2. The van der Waals surface area contributed by atoms with Gasteiger partial charge in [0.15, 0.2) is 0 Å². The quantitative estimate of drug-likeness (QED) is 0.829. The third-order valence-electron chi connectivity index (χ3n) is 5.98. The van der Waals surface area contributed by atoms with Crippen LogP contribution in [0.25, 0.3) is 0 Å². The standard InChI is InChI=1S/C19H25FN4O2.ClH/c1-22(2)18(26)24-10-13-9-23(17(25)19(21)6-7-19)11-15(13)16(24)12-4-3-5-14(20)8-12;/h3-5,8,13,15-16H,6-7,9-11,21H2,1-2H3;1H/t13-,15-,16+;/m1./s1. The van der Waals surface area contributed by atoms with E-state index in [-0.39, 0.29) is 48.0 Å². The number of amides is 3. The largest absolute Gasteiger partial charge is 0.340 e. The smallest absolute Gasteiger partial charge is 0.320 e. The van der Waals surface area contributed by atoms with Crippen LogP contribution in [0.2, 0.25) is 0 Å². The van der Waals surface area contributed by atoms with Crippen LogP contribution in [0, 0.1) is 17.7 Å². The molecule has 0 unspecified atom stereocenters. The van der Waals surface area contributed by atoms with Gasteiger partial charge < -0.3 is 20.4 Å². The van der Waals surface area contributed by atoms with Gasteiger partial charge in [-0.1, -0.05) is 12.1 Å². The first kappa shape index (κ1) is 19.9. The molecular weight excluding hydrogens is 371 g/mol. The van der Waals surface area contributed by atoms with Crippen LogP contribution in [-0.2, 0) is 4.79 Å². The minimum atomic E-state index is -0.674. The minimum absolute atomic E-state index is 0. The van der Waals surface area contributed by atoms with Gasteiger partial charge in [0, 0.05) is 45.6 Å². The second-order valence-electron chi connectivity index (χ2n) is 8.12. The molecule has 1 saturated carbocycles.